The van der Waals surface area contributed by atoms with Crippen LogP contribution in [0, 0.1) is 0 Å². The van der Waals surface area contributed by atoms with E-state index in [9.17, 15) is 4.79 Å². The molecule has 0 aromatic heterocycles. The summed E-state index contributed by atoms with van der Waals surface area (Å²) in [6.45, 7) is 3.15. The van der Waals surface area contributed by atoms with E-state index < -0.39 is 0 Å². The van der Waals surface area contributed by atoms with Crippen molar-refractivity contribution >= 4 is 11.9 Å². The Balaban J connectivity index is 1.97. The van der Waals surface area contributed by atoms with Crippen LogP contribution in [0.2, 0.25) is 0 Å². The summed E-state index contributed by atoms with van der Waals surface area (Å²) in [6, 6.07) is 8.99. The van der Waals surface area contributed by atoms with E-state index in [0.29, 0.717) is 6.04 Å². The SMILES string of the molecule is CCCNC(=NCC(=O)N(C)C)NC1CCc2ccccc2C1. The van der Waals surface area contributed by atoms with Crippen LogP contribution in [0.3, 0.4) is 0 Å². The Morgan fingerprint density at radius 1 is 1.30 bits per heavy atom. The third-order valence-electron chi connectivity index (χ3n) is 4.10. The molecule has 2 N–H and O–H groups in total. The number of amides is 1. The number of carbonyl (C=O) groups excluding carboxylic acids is 1. The van der Waals surface area contributed by atoms with Crippen LogP contribution >= 0.6 is 0 Å². The summed E-state index contributed by atoms with van der Waals surface area (Å²) >= 11 is 0. The topological polar surface area (TPSA) is 56.7 Å². The van der Waals surface area contributed by atoms with Gasteiger partial charge in [-0.2, -0.15) is 0 Å². The van der Waals surface area contributed by atoms with Crippen LogP contribution in [0.5, 0.6) is 0 Å². The second kappa shape index (κ2) is 8.56. The minimum absolute atomic E-state index is 0.0107. The zero-order valence-corrected chi connectivity index (χ0v) is 14.4. The molecule has 126 valence electrons. The first-order chi connectivity index (χ1) is 11.1. The molecule has 0 spiro atoms. The summed E-state index contributed by atoms with van der Waals surface area (Å²) in [5.74, 6) is 0.753. The van der Waals surface area contributed by atoms with E-state index in [-0.39, 0.29) is 12.5 Å². The molecule has 1 amide bonds. The van der Waals surface area contributed by atoms with Crippen LogP contribution in [-0.4, -0.2) is 50.0 Å². The van der Waals surface area contributed by atoms with Gasteiger partial charge in [0.25, 0.3) is 0 Å². The molecular weight excluding hydrogens is 288 g/mol. The Morgan fingerprint density at radius 2 is 2.04 bits per heavy atom. The van der Waals surface area contributed by atoms with Crippen molar-refractivity contribution in [2.45, 2.75) is 38.6 Å². The first kappa shape index (κ1) is 17.3. The highest BCUT2D eigenvalue weighted by Crippen LogP contribution is 2.20. The van der Waals surface area contributed by atoms with Gasteiger partial charge >= 0.3 is 0 Å². The molecule has 0 radical (unpaired) electrons. The van der Waals surface area contributed by atoms with Gasteiger partial charge < -0.3 is 15.5 Å². The molecule has 1 unspecified atom stereocenters. The third kappa shape index (κ3) is 5.27. The van der Waals surface area contributed by atoms with Gasteiger partial charge in [-0.15, -0.1) is 0 Å². The van der Waals surface area contributed by atoms with Gasteiger partial charge in [-0.25, -0.2) is 4.99 Å². The first-order valence-corrected chi connectivity index (χ1v) is 8.42. The van der Waals surface area contributed by atoms with Crippen molar-refractivity contribution in [2.24, 2.45) is 4.99 Å². The number of fused-ring (bicyclic) bond motifs is 1. The number of hydrogen-bond acceptors (Lipinski definition) is 2. The van der Waals surface area contributed by atoms with Gasteiger partial charge in [0.05, 0.1) is 0 Å². The zero-order valence-electron chi connectivity index (χ0n) is 14.4. The van der Waals surface area contributed by atoms with E-state index in [1.165, 1.54) is 11.1 Å². The minimum atomic E-state index is 0.0107. The number of benzene rings is 1. The van der Waals surface area contributed by atoms with Gasteiger partial charge in [0.2, 0.25) is 5.91 Å². The highest BCUT2D eigenvalue weighted by atomic mass is 16.2. The van der Waals surface area contributed by atoms with Crippen LogP contribution in [0.4, 0.5) is 0 Å². The number of rotatable bonds is 5. The van der Waals surface area contributed by atoms with Crippen molar-refractivity contribution in [3.05, 3.63) is 35.4 Å². The summed E-state index contributed by atoms with van der Waals surface area (Å²) in [6.07, 6.45) is 4.21. The lowest BCUT2D eigenvalue weighted by molar-refractivity contribution is -0.127. The summed E-state index contributed by atoms with van der Waals surface area (Å²) in [7, 11) is 3.50. The van der Waals surface area contributed by atoms with Crippen molar-refractivity contribution in [2.75, 3.05) is 27.2 Å². The maximum absolute atomic E-state index is 11.7. The number of hydrogen-bond donors (Lipinski definition) is 2. The molecule has 0 bridgehead atoms. The number of guanidine groups is 1. The molecular formula is C18H28N4O. The number of likely N-dealkylation sites (N-methyl/N-ethyl adjacent to an activating group) is 1. The first-order valence-electron chi connectivity index (χ1n) is 8.42. The lowest BCUT2D eigenvalue weighted by Gasteiger charge is -2.27. The molecule has 1 aliphatic rings. The fourth-order valence-electron chi connectivity index (χ4n) is 2.70. The molecule has 1 aromatic rings. The van der Waals surface area contributed by atoms with E-state index >= 15 is 0 Å². The predicted molar refractivity (Wildman–Crippen MR) is 94.7 cm³/mol. The quantitative estimate of drug-likeness (QED) is 0.640. The van der Waals surface area contributed by atoms with Gasteiger partial charge in [0.15, 0.2) is 5.96 Å². The highest BCUT2D eigenvalue weighted by Gasteiger charge is 2.19. The molecule has 5 nitrogen and oxygen atoms in total. The number of nitrogens with one attached hydrogen (secondary N) is 2. The largest absolute Gasteiger partial charge is 0.356 e. The molecule has 1 aromatic carbocycles. The Kier molecular flexibility index (Phi) is 6.44. The Labute approximate surface area is 139 Å². The summed E-state index contributed by atoms with van der Waals surface area (Å²) in [5.41, 5.74) is 2.86. The predicted octanol–water partition coefficient (Wildman–Crippen LogP) is 1.58. The molecule has 0 saturated carbocycles. The zero-order chi connectivity index (χ0) is 16.7. The molecule has 5 heteroatoms. The lowest BCUT2D eigenvalue weighted by Crippen LogP contribution is -2.46. The Bertz CT molecular complexity index is 554. The Morgan fingerprint density at radius 3 is 2.74 bits per heavy atom. The lowest BCUT2D eigenvalue weighted by atomic mass is 9.88. The van der Waals surface area contributed by atoms with Crippen LogP contribution in [-0.2, 0) is 17.6 Å². The van der Waals surface area contributed by atoms with Crippen LogP contribution in [0.15, 0.2) is 29.3 Å². The minimum Gasteiger partial charge on any atom is -0.356 e. The van der Waals surface area contributed by atoms with E-state index in [1.807, 2.05) is 0 Å². The molecule has 0 fully saturated rings. The van der Waals surface area contributed by atoms with E-state index in [2.05, 4.69) is 46.8 Å². The van der Waals surface area contributed by atoms with Crippen LogP contribution < -0.4 is 10.6 Å². The molecule has 2 rings (SSSR count). The van der Waals surface area contributed by atoms with Gasteiger partial charge in [-0.05, 0) is 36.8 Å². The second-order valence-electron chi connectivity index (χ2n) is 6.23. The van der Waals surface area contributed by atoms with Crippen molar-refractivity contribution in [1.82, 2.24) is 15.5 Å². The average Bonchev–Trinajstić information content (AvgIpc) is 2.56. The van der Waals surface area contributed by atoms with Crippen LogP contribution in [0.1, 0.15) is 30.9 Å². The monoisotopic (exact) mass is 316 g/mol. The fraction of sp³-hybridized carbons (Fsp3) is 0.556. The van der Waals surface area contributed by atoms with Crippen molar-refractivity contribution < 1.29 is 4.79 Å². The number of nitrogens with zero attached hydrogens (tertiary/aromatic N) is 2. The molecule has 23 heavy (non-hydrogen) atoms. The standard InChI is InChI=1S/C18H28N4O/c1-4-11-19-18(20-13-17(23)22(2)3)21-16-10-9-14-7-5-6-8-15(14)12-16/h5-8,16H,4,9-13H2,1-3H3,(H2,19,20,21). The summed E-state index contributed by atoms with van der Waals surface area (Å²) < 4.78 is 0. The third-order valence-corrected chi connectivity index (χ3v) is 4.10. The fourth-order valence-corrected chi connectivity index (χ4v) is 2.70. The number of carbonyl (C=O) groups is 1. The van der Waals surface area contributed by atoms with Gasteiger partial charge in [-0.3, -0.25) is 4.79 Å². The molecule has 0 heterocycles. The second-order valence-corrected chi connectivity index (χ2v) is 6.23. The smallest absolute Gasteiger partial charge is 0.243 e. The van der Waals surface area contributed by atoms with Crippen molar-refractivity contribution in [3.8, 4) is 0 Å². The molecule has 1 aliphatic carbocycles. The maximum atomic E-state index is 11.7. The van der Waals surface area contributed by atoms with Crippen molar-refractivity contribution in [1.29, 1.82) is 0 Å². The summed E-state index contributed by atoms with van der Waals surface area (Å²) in [5, 5.41) is 6.80. The van der Waals surface area contributed by atoms with Crippen LogP contribution in [0.25, 0.3) is 0 Å². The maximum Gasteiger partial charge on any atom is 0.243 e. The van der Waals surface area contributed by atoms with E-state index in [1.54, 1.807) is 19.0 Å². The van der Waals surface area contributed by atoms with Gasteiger partial charge in [0.1, 0.15) is 6.54 Å². The van der Waals surface area contributed by atoms with Crippen molar-refractivity contribution in [3.63, 3.8) is 0 Å². The normalized spacial score (nSPS) is 17.3. The average molecular weight is 316 g/mol. The number of aryl methyl sites for hydroxylation is 1. The van der Waals surface area contributed by atoms with E-state index in [0.717, 1.165) is 38.2 Å². The Hall–Kier alpha value is -2.04. The molecule has 0 saturated heterocycles. The summed E-state index contributed by atoms with van der Waals surface area (Å²) in [4.78, 5) is 17.7. The van der Waals surface area contributed by atoms with Gasteiger partial charge in [0, 0.05) is 26.7 Å². The van der Waals surface area contributed by atoms with E-state index in [4.69, 9.17) is 0 Å². The molecule has 0 aliphatic heterocycles. The highest BCUT2D eigenvalue weighted by molar-refractivity contribution is 5.85. The number of aliphatic imine (C=N–C) groups is 1. The molecule has 1 atom stereocenters. The van der Waals surface area contributed by atoms with Gasteiger partial charge in [-0.1, -0.05) is 31.2 Å².